The van der Waals surface area contributed by atoms with E-state index >= 15 is 0 Å². The molecule has 0 N–H and O–H groups in total. The molecule has 1 heterocycles. The van der Waals surface area contributed by atoms with Crippen LogP contribution in [-0.2, 0) is 17.5 Å². The van der Waals surface area contributed by atoms with E-state index in [0.717, 1.165) is 22.2 Å². The summed E-state index contributed by atoms with van der Waals surface area (Å²) in [5.74, 6) is 0.348. The van der Waals surface area contributed by atoms with Gasteiger partial charge in [0.05, 0.1) is 17.7 Å². The highest BCUT2D eigenvalue weighted by molar-refractivity contribution is 7.21. The van der Waals surface area contributed by atoms with Crippen LogP contribution >= 0.6 is 22.9 Å². The quantitative estimate of drug-likeness (QED) is 0.194. The lowest BCUT2D eigenvalue weighted by Gasteiger charge is -2.40. The zero-order valence-corrected chi connectivity index (χ0v) is 28.6. The second kappa shape index (κ2) is 13.8. The average molecular weight is 687 g/mol. The molecule has 0 bridgehead atoms. The number of hydrogen-bond donors (Lipinski definition) is 0. The molecule has 4 aromatic rings. The van der Waals surface area contributed by atoms with Gasteiger partial charge in [-0.15, -0.1) is 11.3 Å². The Morgan fingerprint density at radius 1 is 0.915 bits per heavy atom. The predicted molar refractivity (Wildman–Crippen MR) is 180 cm³/mol. The van der Waals surface area contributed by atoms with E-state index in [1.54, 1.807) is 31.2 Å². The maximum Gasteiger partial charge on any atom is 0.416 e. The number of halogens is 4. The first-order valence-corrected chi connectivity index (χ1v) is 16.6. The summed E-state index contributed by atoms with van der Waals surface area (Å²) in [7, 11) is 3.29. The maximum absolute atomic E-state index is 14.4. The van der Waals surface area contributed by atoms with Crippen LogP contribution in [0.25, 0.3) is 21.2 Å². The molecule has 1 fully saturated rings. The number of benzene rings is 3. The van der Waals surface area contributed by atoms with Crippen LogP contribution in [0.2, 0.25) is 5.02 Å². The molecule has 0 radical (unpaired) electrons. The molecule has 0 spiro atoms. The van der Waals surface area contributed by atoms with Crippen LogP contribution in [0, 0.1) is 0 Å². The van der Waals surface area contributed by atoms with Crippen LogP contribution in [0.4, 0.5) is 18.0 Å². The van der Waals surface area contributed by atoms with Gasteiger partial charge in [-0.1, -0.05) is 48.0 Å². The highest BCUT2D eigenvalue weighted by atomic mass is 35.5. The normalized spacial score (nSPS) is 17.0. The topological polar surface area (TPSA) is 59.1 Å². The van der Waals surface area contributed by atoms with E-state index in [-0.39, 0.29) is 30.6 Å². The minimum absolute atomic E-state index is 0.0384. The Bertz CT molecular complexity index is 1740. The van der Waals surface area contributed by atoms with Gasteiger partial charge in [-0.3, -0.25) is 4.79 Å². The first-order valence-electron chi connectivity index (χ1n) is 15.4. The molecular formula is C36H38ClF3N2O4S. The molecule has 1 saturated carbocycles. The van der Waals surface area contributed by atoms with E-state index in [1.807, 2.05) is 56.0 Å². The Morgan fingerprint density at radius 3 is 2.13 bits per heavy atom. The number of hydrogen-bond acceptors (Lipinski definition) is 5. The van der Waals surface area contributed by atoms with Gasteiger partial charge in [-0.25, -0.2) is 4.79 Å². The zero-order chi connectivity index (χ0) is 34.1. The number of methoxy groups -OCH3 is 1. The van der Waals surface area contributed by atoms with Crippen LogP contribution in [0.3, 0.4) is 0 Å². The zero-order valence-electron chi connectivity index (χ0n) is 27.0. The fraction of sp³-hybridized carbons (Fsp3) is 0.389. The Labute approximate surface area is 282 Å². The highest BCUT2D eigenvalue weighted by Crippen LogP contribution is 2.39. The maximum atomic E-state index is 14.4. The molecule has 1 aromatic heterocycles. The minimum Gasteiger partial charge on any atom is -0.496 e. The summed E-state index contributed by atoms with van der Waals surface area (Å²) in [6.45, 7) is 5.69. The number of ether oxygens (including phenoxy) is 2. The second-order valence-electron chi connectivity index (χ2n) is 12.8. The van der Waals surface area contributed by atoms with Crippen molar-refractivity contribution in [3.05, 3.63) is 87.8 Å². The number of rotatable bonds is 7. The number of carbonyl (C=O) groups excluding carboxylic acids is 2. The van der Waals surface area contributed by atoms with Crippen molar-refractivity contribution < 1.29 is 32.2 Å². The number of thiophene rings is 1. The van der Waals surface area contributed by atoms with Crippen molar-refractivity contribution in [3.63, 3.8) is 0 Å². The van der Waals surface area contributed by atoms with Gasteiger partial charge in [0.2, 0.25) is 0 Å². The minimum atomic E-state index is -4.43. The van der Waals surface area contributed by atoms with Gasteiger partial charge in [0.1, 0.15) is 16.2 Å². The molecule has 0 unspecified atom stereocenters. The van der Waals surface area contributed by atoms with Gasteiger partial charge in [0, 0.05) is 41.3 Å². The molecule has 0 saturated heterocycles. The number of carbonyl (C=O) groups is 2. The van der Waals surface area contributed by atoms with Crippen LogP contribution in [0.5, 0.6) is 5.75 Å². The fourth-order valence-electron chi connectivity index (χ4n) is 6.01. The number of amides is 2. The van der Waals surface area contributed by atoms with Crippen molar-refractivity contribution in [3.8, 4) is 16.9 Å². The van der Waals surface area contributed by atoms with Gasteiger partial charge in [-0.05, 0) is 87.9 Å². The van der Waals surface area contributed by atoms with Gasteiger partial charge < -0.3 is 19.3 Å². The third-order valence-corrected chi connectivity index (χ3v) is 10.2. The molecule has 2 amide bonds. The molecule has 11 heteroatoms. The fourth-order valence-corrected chi connectivity index (χ4v) is 7.47. The first kappa shape index (κ1) is 34.6. The van der Waals surface area contributed by atoms with Crippen molar-refractivity contribution in [2.75, 3.05) is 14.2 Å². The summed E-state index contributed by atoms with van der Waals surface area (Å²) in [5.41, 5.74) is 0.689. The molecule has 0 aliphatic heterocycles. The summed E-state index contributed by atoms with van der Waals surface area (Å²) < 4.78 is 51.8. The predicted octanol–water partition coefficient (Wildman–Crippen LogP) is 10.1. The van der Waals surface area contributed by atoms with Crippen LogP contribution < -0.4 is 4.74 Å². The van der Waals surface area contributed by atoms with E-state index in [9.17, 15) is 22.8 Å². The van der Waals surface area contributed by atoms with E-state index in [4.69, 9.17) is 21.1 Å². The molecule has 0 atom stereocenters. The Hall–Kier alpha value is -3.76. The van der Waals surface area contributed by atoms with E-state index in [0.29, 0.717) is 58.0 Å². The number of nitrogens with zero attached hydrogens (tertiary/aromatic N) is 2. The van der Waals surface area contributed by atoms with Gasteiger partial charge >= 0.3 is 12.3 Å². The van der Waals surface area contributed by atoms with Gasteiger partial charge in [0.15, 0.2) is 0 Å². The van der Waals surface area contributed by atoms with Crippen LogP contribution in [-0.4, -0.2) is 53.6 Å². The first-order chi connectivity index (χ1) is 22.2. The lowest BCUT2D eigenvalue weighted by Crippen LogP contribution is -2.47. The SMILES string of the molecule is COc1ccc(-c2ccc(C(F)(F)F)cc2)cc1CN(C(=O)c1sc2ccccc2c1Cl)[C@H]1CC[C@H](N(C)C(=O)OC(C)(C)C)CC1. The lowest BCUT2D eigenvalue weighted by molar-refractivity contribution is -0.137. The molecular weight excluding hydrogens is 649 g/mol. The molecule has 250 valence electrons. The Balaban J connectivity index is 1.46. The van der Waals surface area contributed by atoms with Crippen molar-refractivity contribution in [2.24, 2.45) is 0 Å². The third-order valence-electron chi connectivity index (χ3n) is 8.49. The summed E-state index contributed by atoms with van der Waals surface area (Å²) >= 11 is 8.15. The largest absolute Gasteiger partial charge is 0.496 e. The Morgan fingerprint density at radius 2 is 1.53 bits per heavy atom. The average Bonchev–Trinajstić information content (AvgIpc) is 3.38. The summed E-state index contributed by atoms with van der Waals surface area (Å²) in [6, 6.07) is 17.8. The summed E-state index contributed by atoms with van der Waals surface area (Å²) in [6.07, 6.45) is -2.17. The number of alkyl halides is 3. The lowest BCUT2D eigenvalue weighted by atomic mass is 9.89. The van der Waals surface area contributed by atoms with Crippen molar-refractivity contribution in [1.29, 1.82) is 0 Å². The third kappa shape index (κ3) is 7.87. The van der Waals surface area contributed by atoms with E-state index < -0.39 is 17.3 Å². The van der Waals surface area contributed by atoms with Crippen LogP contribution in [0.15, 0.2) is 66.7 Å². The van der Waals surface area contributed by atoms with E-state index in [1.165, 1.54) is 23.5 Å². The highest BCUT2D eigenvalue weighted by Gasteiger charge is 2.35. The molecule has 5 rings (SSSR count). The standard InChI is InChI=1S/C36H38ClF3N2O4S/c1-35(2,3)46-34(44)41(4)26-15-17-27(18-16-26)42(33(43)32-31(37)28-8-6-7-9-30(28)47-32)21-24-20-23(12-19-29(24)45-5)22-10-13-25(14-11-22)36(38,39)40/h6-14,19-20,26-27H,15-18,21H2,1-5H3/t26-,27-. The van der Waals surface area contributed by atoms with Gasteiger partial charge in [-0.2, -0.15) is 13.2 Å². The van der Waals surface area contributed by atoms with Crippen LogP contribution in [0.1, 0.15) is 67.3 Å². The molecule has 1 aliphatic carbocycles. The monoisotopic (exact) mass is 686 g/mol. The summed E-state index contributed by atoms with van der Waals surface area (Å²) in [4.78, 5) is 31.1. The molecule has 3 aromatic carbocycles. The van der Waals surface area contributed by atoms with E-state index in [2.05, 4.69) is 0 Å². The second-order valence-corrected chi connectivity index (χ2v) is 14.3. The number of fused-ring (bicyclic) bond motifs is 1. The summed E-state index contributed by atoms with van der Waals surface area (Å²) in [5, 5.41) is 1.22. The molecule has 6 nitrogen and oxygen atoms in total. The van der Waals surface area contributed by atoms with Gasteiger partial charge in [0.25, 0.3) is 5.91 Å². The molecule has 1 aliphatic rings. The molecule has 47 heavy (non-hydrogen) atoms. The smallest absolute Gasteiger partial charge is 0.416 e. The van der Waals surface area contributed by atoms with Crippen molar-refractivity contribution >= 4 is 45.0 Å². The Kier molecular flexibility index (Phi) is 10.1. The van der Waals surface area contributed by atoms with Crippen molar-refractivity contribution in [1.82, 2.24) is 9.80 Å². The van der Waals surface area contributed by atoms with Crippen molar-refractivity contribution in [2.45, 2.75) is 76.9 Å².